The lowest BCUT2D eigenvalue weighted by molar-refractivity contribution is 0.102. The van der Waals surface area contributed by atoms with Gasteiger partial charge >= 0.3 is 0 Å². The molecule has 2 atom stereocenters. The van der Waals surface area contributed by atoms with Crippen LogP contribution in [0, 0.1) is 5.82 Å². The third-order valence-corrected chi connectivity index (χ3v) is 7.42. The second kappa shape index (κ2) is 13.6. The zero-order chi connectivity index (χ0) is 31.4. The number of nitrogens with zero attached hydrogens (tertiary/aromatic N) is 8. The van der Waals surface area contributed by atoms with Gasteiger partial charge in [0.15, 0.2) is 5.82 Å². The topological polar surface area (TPSA) is 105 Å². The number of anilines is 2. The van der Waals surface area contributed by atoms with Crippen molar-refractivity contribution in [2.24, 2.45) is 0 Å². The molecule has 1 aliphatic rings. The van der Waals surface area contributed by atoms with Gasteiger partial charge in [-0.15, -0.1) is 0 Å². The third kappa shape index (κ3) is 7.30. The molecule has 1 amide bonds. The summed E-state index contributed by atoms with van der Waals surface area (Å²) in [5, 5.41) is 6.53. The summed E-state index contributed by atoms with van der Waals surface area (Å²) in [6, 6.07) is 2.25. The summed E-state index contributed by atoms with van der Waals surface area (Å²) >= 11 is 5.80. The van der Waals surface area contributed by atoms with Crippen LogP contribution in [-0.4, -0.2) is 79.4 Å². The quantitative estimate of drug-likeness (QED) is 0.219. The summed E-state index contributed by atoms with van der Waals surface area (Å²) in [5.74, 6) is -1.15. The van der Waals surface area contributed by atoms with Gasteiger partial charge in [0.1, 0.15) is 11.9 Å². The van der Waals surface area contributed by atoms with Crippen LogP contribution in [0.2, 0.25) is 5.02 Å². The molecule has 0 bridgehead atoms. The molecule has 10 nitrogen and oxygen atoms in total. The number of hydrogen-bond acceptors (Lipinski definition) is 8. The first-order chi connectivity index (χ1) is 21.1. The molecule has 4 aromatic rings. The lowest BCUT2D eigenvalue weighted by Gasteiger charge is -2.29. The van der Waals surface area contributed by atoms with Gasteiger partial charge in [-0.2, -0.15) is 5.10 Å². The van der Waals surface area contributed by atoms with E-state index in [0.717, 1.165) is 56.0 Å². The molecule has 15 heteroatoms. The zero-order valence-electron chi connectivity index (χ0n) is 24.0. The van der Waals surface area contributed by atoms with Crippen LogP contribution in [0.1, 0.15) is 47.8 Å². The molecule has 0 saturated carbocycles. The highest BCUT2D eigenvalue weighted by atomic mass is 35.5. The Morgan fingerprint density at radius 1 is 1.16 bits per heavy atom. The van der Waals surface area contributed by atoms with Gasteiger partial charge in [-0.05, 0) is 32.9 Å². The van der Waals surface area contributed by atoms with E-state index in [9.17, 15) is 22.4 Å². The van der Waals surface area contributed by atoms with Crippen LogP contribution in [0.4, 0.5) is 29.2 Å². The van der Waals surface area contributed by atoms with Crippen molar-refractivity contribution in [3.8, 4) is 11.3 Å². The maximum Gasteiger partial charge on any atom is 0.275 e. The molecular formula is C29H30ClF4N9O. The Labute approximate surface area is 256 Å². The highest BCUT2D eigenvalue weighted by Gasteiger charge is 2.28. The summed E-state index contributed by atoms with van der Waals surface area (Å²) < 4.78 is 56.8. The van der Waals surface area contributed by atoms with Gasteiger partial charge in [-0.25, -0.2) is 32.5 Å². The number of rotatable bonds is 11. The lowest BCUT2D eigenvalue weighted by atomic mass is 10.0. The fourth-order valence-electron chi connectivity index (χ4n) is 5.23. The molecule has 44 heavy (non-hydrogen) atoms. The maximum atomic E-state index is 14.7. The standard InChI is InChI=1S/C29H30ClF4N9O/c1-17(31)13-41(2)16-20-4-3-7-43(20)29-36-8-18(9-37-29)14-42-15-19(10-38-42)39-28(44)24-12-35-11-23(40-24)25-21(27(33)34)5-6-22(30)26(25)32/h5-6,8-12,15,17,20,27H,3-4,7,13-14,16H2,1-2H3,(H,39,44)/t17-,20?/m1/s1. The Morgan fingerprint density at radius 3 is 2.66 bits per heavy atom. The Hall–Kier alpha value is -4.17. The van der Waals surface area contributed by atoms with Crippen molar-refractivity contribution in [3.05, 3.63) is 77.0 Å². The number of nitrogens with one attached hydrogen (secondary N) is 1. The SMILES string of the molecule is C[C@@H](F)CN(C)CC1CCCN1c1ncc(Cn2cc(NC(=O)c3cncc(-c4c(C(F)F)ccc(Cl)c4F)n3)cn2)cn1. The highest BCUT2D eigenvalue weighted by molar-refractivity contribution is 6.31. The van der Waals surface area contributed by atoms with Crippen molar-refractivity contribution in [3.63, 3.8) is 0 Å². The van der Waals surface area contributed by atoms with Crippen molar-refractivity contribution in [1.82, 2.24) is 34.6 Å². The van der Waals surface area contributed by atoms with E-state index >= 15 is 0 Å². The van der Waals surface area contributed by atoms with E-state index in [1.54, 1.807) is 30.2 Å². The molecular weight excluding hydrogens is 602 g/mol. The summed E-state index contributed by atoms with van der Waals surface area (Å²) in [6.45, 7) is 3.82. The molecule has 232 valence electrons. The van der Waals surface area contributed by atoms with E-state index in [1.165, 1.54) is 6.20 Å². The number of halogens is 5. The van der Waals surface area contributed by atoms with Crippen molar-refractivity contribution >= 4 is 29.1 Å². The number of benzene rings is 1. The predicted molar refractivity (Wildman–Crippen MR) is 157 cm³/mol. The first-order valence-electron chi connectivity index (χ1n) is 13.9. The molecule has 1 aliphatic heterocycles. The van der Waals surface area contributed by atoms with Crippen LogP contribution < -0.4 is 10.2 Å². The van der Waals surface area contributed by atoms with Crippen LogP contribution in [0.3, 0.4) is 0 Å². The van der Waals surface area contributed by atoms with Gasteiger partial charge in [-0.3, -0.25) is 14.5 Å². The molecule has 1 unspecified atom stereocenters. The average molecular weight is 632 g/mol. The fourth-order valence-corrected chi connectivity index (χ4v) is 5.39. The van der Waals surface area contributed by atoms with E-state index in [-0.39, 0.29) is 22.5 Å². The molecule has 1 saturated heterocycles. The second-order valence-corrected chi connectivity index (χ2v) is 11.1. The van der Waals surface area contributed by atoms with E-state index < -0.39 is 35.4 Å². The van der Waals surface area contributed by atoms with E-state index in [2.05, 4.69) is 35.3 Å². The molecule has 1 N–H and O–H groups in total. The minimum absolute atomic E-state index is 0.211. The van der Waals surface area contributed by atoms with Gasteiger partial charge in [0, 0.05) is 61.0 Å². The largest absolute Gasteiger partial charge is 0.337 e. The molecule has 1 fully saturated rings. The minimum atomic E-state index is -3.00. The van der Waals surface area contributed by atoms with Crippen LogP contribution >= 0.6 is 11.6 Å². The zero-order valence-corrected chi connectivity index (χ0v) is 24.7. The number of carbonyl (C=O) groups excluding carboxylic acids is 1. The van der Waals surface area contributed by atoms with Crippen molar-refractivity contribution in [2.75, 3.05) is 36.9 Å². The Bertz CT molecular complexity index is 1600. The second-order valence-electron chi connectivity index (χ2n) is 10.7. The Kier molecular flexibility index (Phi) is 9.69. The molecule has 3 aromatic heterocycles. The monoisotopic (exact) mass is 631 g/mol. The smallest absolute Gasteiger partial charge is 0.275 e. The van der Waals surface area contributed by atoms with Crippen LogP contribution in [0.25, 0.3) is 11.3 Å². The first kappa shape index (κ1) is 31.3. The number of likely N-dealkylation sites (N-methyl/N-ethyl adjacent to an activating group) is 1. The third-order valence-electron chi connectivity index (χ3n) is 7.13. The molecule has 0 radical (unpaired) electrons. The lowest BCUT2D eigenvalue weighted by Crippen LogP contribution is -2.41. The minimum Gasteiger partial charge on any atom is -0.337 e. The van der Waals surface area contributed by atoms with Gasteiger partial charge in [0.25, 0.3) is 12.3 Å². The van der Waals surface area contributed by atoms with E-state index in [4.69, 9.17) is 11.6 Å². The fraction of sp³-hybridized carbons (Fsp3) is 0.379. The van der Waals surface area contributed by atoms with Crippen molar-refractivity contribution < 1.29 is 22.4 Å². The molecule has 5 rings (SSSR count). The summed E-state index contributed by atoms with van der Waals surface area (Å²) in [4.78, 5) is 34.1. The molecule has 0 aliphatic carbocycles. The van der Waals surface area contributed by atoms with Gasteiger partial charge in [-0.1, -0.05) is 17.7 Å². The predicted octanol–water partition coefficient (Wildman–Crippen LogP) is 5.42. The van der Waals surface area contributed by atoms with E-state index in [1.807, 2.05) is 11.9 Å². The molecule has 1 aromatic carbocycles. The number of aromatic nitrogens is 6. The molecule has 4 heterocycles. The normalized spacial score (nSPS) is 15.8. The number of amides is 1. The Balaban J connectivity index is 1.22. The van der Waals surface area contributed by atoms with Gasteiger partial charge in [0.2, 0.25) is 5.95 Å². The van der Waals surface area contributed by atoms with Gasteiger partial charge < -0.3 is 15.1 Å². The first-order valence-corrected chi connectivity index (χ1v) is 14.3. The Morgan fingerprint density at radius 2 is 1.93 bits per heavy atom. The van der Waals surface area contributed by atoms with Crippen LogP contribution in [0.5, 0.6) is 0 Å². The summed E-state index contributed by atoms with van der Waals surface area (Å²) in [7, 11) is 1.91. The van der Waals surface area contributed by atoms with Gasteiger partial charge in [0.05, 0.1) is 41.5 Å². The van der Waals surface area contributed by atoms with Crippen LogP contribution in [-0.2, 0) is 6.54 Å². The average Bonchev–Trinajstić information content (AvgIpc) is 3.63. The highest BCUT2D eigenvalue weighted by Crippen LogP contribution is 2.35. The summed E-state index contributed by atoms with van der Waals surface area (Å²) in [6.07, 6.45) is 6.79. The number of hydrogen-bond donors (Lipinski definition) is 1. The van der Waals surface area contributed by atoms with Crippen molar-refractivity contribution in [2.45, 2.75) is 44.9 Å². The van der Waals surface area contributed by atoms with E-state index in [0.29, 0.717) is 24.7 Å². The molecule has 0 spiro atoms. The summed E-state index contributed by atoms with van der Waals surface area (Å²) in [5.41, 5.74) is -0.486. The number of alkyl halides is 3. The van der Waals surface area contributed by atoms with Crippen LogP contribution in [0.15, 0.2) is 49.3 Å². The maximum absolute atomic E-state index is 14.7. The number of carbonyl (C=O) groups is 1. The van der Waals surface area contributed by atoms with Crippen molar-refractivity contribution in [1.29, 1.82) is 0 Å².